The van der Waals surface area contributed by atoms with E-state index in [1.807, 2.05) is 20.8 Å². The van der Waals surface area contributed by atoms with E-state index in [0.29, 0.717) is 0 Å². The number of ether oxygens (including phenoxy) is 2. The van der Waals surface area contributed by atoms with E-state index in [1.165, 1.54) is 0 Å². The Morgan fingerprint density at radius 1 is 0.857 bits per heavy atom. The molecule has 0 bridgehead atoms. The summed E-state index contributed by atoms with van der Waals surface area (Å²) in [7, 11) is 0. The molecule has 0 aliphatic rings. The maximum atomic E-state index is 12.5. The highest BCUT2D eigenvalue weighted by atomic mass is 19.4. The quantitative estimate of drug-likeness (QED) is 0.183. The van der Waals surface area contributed by atoms with E-state index in [0.717, 1.165) is 13.0 Å². The molecule has 0 radical (unpaired) electrons. The molecular weight excluding hydrogens is 620 g/mol. The number of rotatable bonds is 7. The highest BCUT2D eigenvalue weighted by Gasteiger charge is 2.57. The minimum Gasteiger partial charge on any atom is -0.478 e. The maximum absolute atomic E-state index is 12.5. The third kappa shape index (κ3) is 23.9. The van der Waals surface area contributed by atoms with Gasteiger partial charge in [-0.05, 0) is 27.7 Å². The Balaban J connectivity index is -0.000000241. The standard InChI is InChI=1S/C8H8F6O2.C7H12O2.C4H3F3O2.C3HF3O2/c1-4(2)5(15)16-3-7(10,11)6(9)8(12,13)14;1-5-6(8)9-7(2,3)4;1-2(3(8)9)4(5,6)7;4-1(2(5)6)3(7)8/h6H,1,3H2,2H3;5H,1H2,2-4H3;1H2,(H,8,9);(H,7,8). The van der Waals surface area contributed by atoms with Gasteiger partial charge in [0, 0.05) is 11.6 Å². The van der Waals surface area contributed by atoms with E-state index >= 15 is 0 Å². The maximum Gasteiger partial charge on any atom is 0.425 e. The van der Waals surface area contributed by atoms with Gasteiger partial charge in [-0.2, -0.15) is 48.3 Å². The van der Waals surface area contributed by atoms with Crippen LogP contribution in [0, 0.1) is 0 Å². The molecule has 0 aromatic rings. The Bertz CT molecular complexity index is 1000. The van der Waals surface area contributed by atoms with Gasteiger partial charge < -0.3 is 19.7 Å². The molecule has 0 aliphatic heterocycles. The van der Waals surface area contributed by atoms with Gasteiger partial charge in [0.25, 0.3) is 12.0 Å². The molecule has 0 rings (SSSR count). The second-order valence-corrected chi connectivity index (χ2v) is 7.92. The zero-order chi connectivity index (χ0) is 35.0. The van der Waals surface area contributed by atoms with Crippen molar-refractivity contribution in [2.75, 3.05) is 6.61 Å². The zero-order valence-corrected chi connectivity index (χ0v) is 21.9. The second kappa shape index (κ2) is 18.4. The number of carbonyl (C=O) groups excluding carboxylic acids is 2. The summed E-state index contributed by atoms with van der Waals surface area (Å²) in [5.74, 6) is -13.2. The molecule has 0 amide bonds. The van der Waals surface area contributed by atoms with Gasteiger partial charge in [-0.1, -0.05) is 19.7 Å². The average Bonchev–Trinajstić information content (AvgIpc) is 2.79. The first-order chi connectivity index (χ1) is 18.3. The molecule has 0 heterocycles. The fourth-order valence-electron chi connectivity index (χ4n) is 1.14. The van der Waals surface area contributed by atoms with Crippen LogP contribution < -0.4 is 0 Å². The number of carboxylic acid groups (broad SMARTS) is 2. The van der Waals surface area contributed by atoms with Crippen LogP contribution in [0.25, 0.3) is 0 Å². The number of carboxylic acids is 2. The summed E-state index contributed by atoms with van der Waals surface area (Å²) in [6.07, 6.45) is -16.5. The summed E-state index contributed by atoms with van der Waals surface area (Å²) < 4.78 is 147. The van der Waals surface area contributed by atoms with Crippen molar-refractivity contribution in [3.05, 3.63) is 48.9 Å². The van der Waals surface area contributed by atoms with Crippen LogP contribution in [-0.4, -0.2) is 70.7 Å². The molecule has 0 aromatic carbocycles. The monoisotopic (exact) mass is 644 g/mol. The molecule has 0 saturated carbocycles. The van der Waals surface area contributed by atoms with E-state index in [-0.39, 0.29) is 11.5 Å². The van der Waals surface area contributed by atoms with Crippen molar-refractivity contribution < 1.29 is 91.5 Å². The van der Waals surface area contributed by atoms with Crippen LogP contribution in [-0.2, 0) is 28.7 Å². The van der Waals surface area contributed by atoms with Crippen molar-refractivity contribution in [3.8, 4) is 0 Å². The normalized spacial score (nSPS) is 11.7. The predicted octanol–water partition coefficient (Wildman–Crippen LogP) is 6.49. The van der Waals surface area contributed by atoms with Gasteiger partial charge in [0.15, 0.2) is 6.61 Å². The van der Waals surface area contributed by atoms with E-state index in [1.54, 1.807) is 0 Å². The Hall–Kier alpha value is -4.00. The molecule has 0 fully saturated rings. The lowest BCUT2D eigenvalue weighted by Crippen LogP contribution is -2.45. The van der Waals surface area contributed by atoms with Crippen LogP contribution in [0.1, 0.15) is 27.7 Å². The van der Waals surface area contributed by atoms with E-state index < -0.39 is 72.0 Å². The molecule has 0 aromatic heterocycles. The Morgan fingerprint density at radius 3 is 1.40 bits per heavy atom. The van der Waals surface area contributed by atoms with Crippen molar-refractivity contribution in [1.29, 1.82) is 0 Å². The number of esters is 2. The molecule has 42 heavy (non-hydrogen) atoms. The van der Waals surface area contributed by atoms with Gasteiger partial charge in [-0.15, -0.1) is 0 Å². The summed E-state index contributed by atoms with van der Waals surface area (Å²) in [6, 6.07) is 0. The summed E-state index contributed by atoms with van der Waals surface area (Å²) >= 11 is 0. The van der Waals surface area contributed by atoms with Crippen LogP contribution in [0.3, 0.4) is 0 Å². The van der Waals surface area contributed by atoms with Gasteiger partial charge in [-0.3, -0.25) is 0 Å². The Labute approximate surface area is 229 Å². The zero-order valence-electron chi connectivity index (χ0n) is 21.9. The molecule has 2 N–H and O–H groups in total. The van der Waals surface area contributed by atoms with Gasteiger partial charge in [0.1, 0.15) is 11.2 Å². The number of hydrogen-bond acceptors (Lipinski definition) is 6. The molecule has 1 unspecified atom stereocenters. The second-order valence-electron chi connectivity index (χ2n) is 7.92. The van der Waals surface area contributed by atoms with Crippen LogP contribution in [0.2, 0.25) is 0 Å². The molecule has 0 saturated heterocycles. The molecule has 244 valence electrons. The minimum atomic E-state index is -5.71. The molecular formula is C22H24F12O8. The van der Waals surface area contributed by atoms with Crippen molar-refractivity contribution in [2.24, 2.45) is 0 Å². The highest BCUT2D eigenvalue weighted by molar-refractivity contribution is 5.87. The lowest BCUT2D eigenvalue weighted by molar-refractivity contribution is -0.253. The van der Waals surface area contributed by atoms with Gasteiger partial charge in [0.2, 0.25) is 0 Å². The molecule has 8 nitrogen and oxygen atoms in total. The molecule has 0 aliphatic carbocycles. The molecule has 0 spiro atoms. The van der Waals surface area contributed by atoms with Crippen LogP contribution >= 0.6 is 0 Å². The third-order valence-corrected chi connectivity index (χ3v) is 2.93. The first-order valence-electron chi connectivity index (χ1n) is 10.0. The van der Waals surface area contributed by atoms with Gasteiger partial charge in [0.05, 0.1) is 0 Å². The fourth-order valence-corrected chi connectivity index (χ4v) is 1.14. The van der Waals surface area contributed by atoms with Gasteiger partial charge >= 0.3 is 48.2 Å². The van der Waals surface area contributed by atoms with E-state index in [4.69, 9.17) is 14.9 Å². The molecule has 1 atom stereocenters. The number of alkyl halides is 9. The SMILES string of the molecule is C=C(C(=O)O)C(F)(F)F.C=C(C)C(=O)OCC(F)(F)C(F)C(F)(F)F.C=CC(=O)OC(C)(C)C.O=C(O)C(F)=C(F)F. The predicted molar refractivity (Wildman–Crippen MR) is 119 cm³/mol. The summed E-state index contributed by atoms with van der Waals surface area (Å²) in [6.45, 7) is 13.1. The van der Waals surface area contributed by atoms with Crippen LogP contribution in [0.5, 0.6) is 0 Å². The number of halogens is 12. The number of carbonyl (C=O) groups is 4. The minimum absolute atomic E-state index is 0.279. The van der Waals surface area contributed by atoms with Crippen LogP contribution in [0.15, 0.2) is 48.9 Å². The topological polar surface area (TPSA) is 127 Å². The van der Waals surface area contributed by atoms with Crippen LogP contribution in [0.4, 0.5) is 52.7 Å². The van der Waals surface area contributed by atoms with Crippen molar-refractivity contribution >= 4 is 23.9 Å². The number of hydrogen-bond donors (Lipinski definition) is 2. The fraction of sp³-hybridized carbons (Fsp3) is 0.455. The summed E-state index contributed by atoms with van der Waals surface area (Å²) in [5.41, 5.74) is -2.42. The smallest absolute Gasteiger partial charge is 0.425 e. The summed E-state index contributed by atoms with van der Waals surface area (Å²) in [5, 5.41) is 15.1. The Morgan fingerprint density at radius 2 is 1.26 bits per heavy atom. The first kappa shape index (κ1) is 45.0. The lowest BCUT2D eigenvalue weighted by atomic mass is 10.2. The van der Waals surface area contributed by atoms with Crippen molar-refractivity contribution in [1.82, 2.24) is 0 Å². The third-order valence-electron chi connectivity index (χ3n) is 2.93. The number of aliphatic carboxylic acids is 2. The van der Waals surface area contributed by atoms with Gasteiger partial charge in [-0.25, -0.2) is 23.6 Å². The van der Waals surface area contributed by atoms with Crippen molar-refractivity contribution in [2.45, 2.75) is 57.7 Å². The highest BCUT2D eigenvalue weighted by Crippen LogP contribution is 2.35. The lowest BCUT2D eigenvalue weighted by Gasteiger charge is -2.22. The first-order valence-corrected chi connectivity index (χ1v) is 10.0. The van der Waals surface area contributed by atoms with E-state index in [9.17, 15) is 71.9 Å². The largest absolute Gasteiger partial charge is 0.478 e. The average molecular weight is 644 g/mol. The summed E-state index contributed by atoms with van der Waals surface area (Å²) in [4.78, 5) is 39.8. The van der Waals surface area contributed by atoms with E-state index in [2.05, 4.69) is 24.5 Å². The van der Waals surface area contributed by atoms with Crippen molar-refractivity contribution in [3.63, 3.8) is 0 Å². The Kier molecular flexibility index (Phi) is 19.8. The molecule has 20 heteroatoms.